The molecule has 128 valence electrons. The lowest BCUT2D eigenvalue weighted by Crippen LogP contribution is -2.32. The molecule has 1 amide bonds. The van der Waals surface area contributed by atoms with E-state index in [0.717, 1.165) is 0 Å². The van der Waals surface area contributed by atoms with Crippen molar-refractivity contribution in [3.05, 3.63) is 53.6 Å². The number of aromatic nitrogens is 2. The molecule has 2 aromatic carbocycles. The van der Waals surface area contributed by atoms with Crippen LogP contribution >= 0.6 is 11.6 Å². The Morgan fingerprint density at radius 3 is 2.68 bits per heavy atom. The molecule has 8 heteroatoms. The molecule has 0 aliphatic heterocycles. The Kier molecular flexibility index (Phi) is 4.78. The number of hydrogen-bond donors (Lipinski definition) is 3. The lowest BCUT2D eigenvalue weighted by Gasteiger charge is -2.11. The number of rotatable bonds is 4. The van der Waals surface area contributed by atoms with Crippen LogP contribution in [0.25, 0.3) is 10.9 Å². The minimum Gasteiger partial charge on any atom is -0.340 e. The smallest absolute Gasteiger partial charge is 0.240 e. The van der Waals surface area contributed by atoms with E-state index in [4.69, 9.17) is 17.3 Å². The van der Waals surface area contributed by atoms with Gasteiger partial charge in [0.25, 0.3) is 0 Å². The number of nitrogens with zero attached hydrogens (tertiary/aromatic N) is 2. The van der Waals surface area contributed by atoms with Gasteiger partial charge in [-0.15, -0.1) is 0 Å². The van der Waals surface area contributed by atoms with Gasteiger partial charge in [-0.3, -0.25) is 4.79 Å². The van der Waals surface area contributed by atoms with Crippen LogP contribution in [0.5, 0.6) is 0 Å². The summed E-state index contributed by atoms with van der Waals surface area (Å²) in [5.74, 6) is -0.290. The van der Waals surface area contributed by atoms with Crippen LogP contribution in [-0.2, 0) is 4.79 Å². The first-order valence-corrected chi connectivity index (χ1v) is 7.85. The van der Waals surface area contributed by atoms with Gasteiger partial charge in [0.15, 0.2) is 0 Å². The first kappa shape index (κ1) is 17.1. The number of benzene rings is 2. The highest BCUT2D eigenvalue weighted by Crippen LogP contribution is 2.27. The highest BCUT2D eigenvalue weighted by atomic mass is 35.5. The van der Waals surface area contributed by atoms with E-state index in [9.17, 15) is 9.18 Å². The molecule has 0 spiro atoms. The van der Waals surface area contributed by atoms with E-state index in [1.165, 1.54) is 18.5 Å². The predicted molar refractivity (Wildman–Crippen MR) is 96.5 cm³/mol. The summed E-state index contributed by atoms with van der Waals surface area (Å²) >= 11 is 5.80. The summed E-state index contributed by atoms with van der Waals surface area (Å²) in [6.45, 7) is 1.60. The van der Waals surface area contributed by atoms with Crippen molar-refractivity contribution in [1.29, 1.82) is 0 Å². The Morgan fingerprint density at radius 2 is 1.96 bits per heavy atom. The molecule has 3 rings (SSSR count). The van der Waals surface area contributed by atoms with Crippen LogP contribution in [0.3, 0.4) is 0 Å². The van der Waals surface area contributed by atoms with E-state index in [-0.39, 0.29) is 10.9 Å². The number of nitrogens with two attached hydrogens (primary N) is 1. The van der Waals surface area contributed by atoms with E-state index in [1.54, 1.807) is 31.2 Å². The number of amides is 1. The van der Waals surface area contributed by atoms with Crippen molar-refractivity contribution >= 4 is 45.6 Å². The summed E-state index contributed by atoms with van der Waals surface area (Å²) in [6.07, 6.45) is 1.41. The fraction of sp³-hybridized carbons (Fsp3) is 0.118. The summed E-state index contributed by atoms with van der Waals surface area (Å²) in [5, 5.41) is 6.50. The van der Waals surface area contributed by atoms with Crippen molar-refractivity contribution in [3.63, 3.8) is 0 Å². The molecule has 4 N–H and O–H groups in total. The molecule has 0 saturated heterocycles. The van der Waals surface area contributed by atoms with E-state index >= 15 is 0 Å². The Labute approximate surface area is 148 Å². The van der Waals surface area contributed by atoms with Gasteiger partial charge in [0.2, 0.25) is 5.91 Å². The van der Waals surface area contributed by atoms with Crippen LogP contribution < -0.4 is 16.4 Å². The molecule has 1 heterocycles. The Bertz CT molecular complexity index is 947. The van der Waals surface area contributed by atoms with E-state index < -0.39 is 11.9 Å². The first-order chi connectivity index (χ1) is 11.9. The number of carbonyl (C=O) groups excluding carboxylic acids is 1. The van der Waals surface area contributed by atoms with Gasteiger partial charge in [0.1, 0.15) is 18.0 Å². The third-order valence-corrected chi connectivity index (χ3v) is 3.79. The second-order valence-corrected chi connectivity index (χ2v) is 5.89. The molecule has 0 unspecified atom stereocenters. The highest BCUT2D eigenvalue weighted by molar-refractivity contribution is 6.31. The summed E-state index contributed by atoms with van der Waals surface area (Å²) in [7, 11) is 0. The van der Waals surface area contributed by atoms with Gasteiger partial charge in [0.05, 0.1) is 16.6 Å². The quantitative estimate of drug-likeness (QED) is 0.663. The Balaban J connectivity index is 1.96. The van der Waals surface area contributed by atoms with Crippen LogP contribution in [0.4, 0.5) is 21.6 Å². The molecule has 0 radical (unpaired) electrons. The first-order valence-electron chi connectivity index (χ1n) is 7.47. The zero-order valence-electron chi connectivity index (χ0n) is 13.3. The molecular formula is C17H15ClFN5O. The number of fused-ring (bicyclic) bond motifs is 1. The minimum absolute atomic E-state index is 0.00764. The summed E-state index contributed by atoms with van der Waals surface area (Å²) < 4.78 is 13.3. The van der Waals surface area contributed by atoms with Crippen molar-refractivity contribution in [2.24, 2.45) is 5.73 Å². The third-order valence-electron chi connectivity index (χ3n) is 3.50. The maximum absolute atomic E-state index is 13.3. The number of carbonyl (C=O) groups is 1. The SMILES string of the molecule is C[C@H](N)C(=O)Nc1ccc2ncnc(Nc3ccc(F)c(Cl)c3)c2c1. The normalized spacial score (nSPS) is 12.0. The fourth-order valence-corrected chi connectivity index (χ4v) is 2.38. The van der Waals surface area contributed by atoms with Crippen molar-refractivity contribution in [2.45, 2.75) is 13.0 Å². The number of hydrogen-bond acceptors (Lipinski definition) is 5. The van der Waals surface area contributed by atoms with Gasteiger partial charge in [-0.2, -0.15) is 0 Å². The molecular weight excluding hydrogens is 345 g/mol. The summed E-state index contributed by atoms with van der Waals surface area (Å²) in [4.78, 5) is 20.2. The molecule has 0 aliphatic rings. The lowest BCUT2D eigenvalue weighted by atomic mass is 10.2. The van der Waals surface area contributed by atoms with Crippen molar-refractivity contribution in [1.82, 2.24) is 9.97 Å². The average molecular weight is 360 g/mol. The fourth-order valence-electron chi connectivity index (χ4n) is 2.20. The van der Waals surface area contributed by atoms with Crippen molar-refractivity contribution in [2.75, 3.05) is 10.6 Å². The summed E-state index contributed by atoms with van der Waals surface area (Å²) in [5.41, 5.74) is 7.40. The average Bonchev–Trinajstić information content (AvgIpc) is 2.58. The van der Waals surface area contributed by atoms with Crippen LogP contribution in [0.15, 0.2) is 42.7 Å². The second-order valence-electron chi connectivity index (χ2n) is 5.49. The molecule has 1 atom stereocenters. The van der Waals surface area contributed by atoms with Gasteiger partial charge >= 0.3 is 0 Å². The molecule has 0 aliphatic carbocycles. The largest absolute Gasteiger partial charge is 0.340 e. The zero-order chi connectivity index (χ0) is 18.0. The van der Waals surface area contributed by atoms with Crippen LogP contribution in [-0.4, -0.2) is 21.9 Å². The molecule has 3 aromatic rings. The Morgan fingerprint density at radius 1 is 1.20 bits per heavy atom. The number of anilines is 3. The van der Waals surface area contributed by atoms with Gasteiger partial charge < -0.3 is 16.4 Å². The maximum atomic E-state index is 13.3. The molecule has 0 bridgehead atoms. The molecule has 25 heavy (non-hydrogen) atoms. The van der Waals surface area contributed by atoms with Gasteiger partial charge in [-0.05, 0) is 43.3 Å². The molecule has 0 saturated carbocycles. The predicted octanol–water partition coefficient (Wildman–Crippen LogP) is 3.45. The standard InChI is InChI=1S/C17H15ClFN5O/c1-9(20)17(25)24-10-3-5-15-12(6-10)16(22-8-21-15)23-11-2-4-14(19)13(18)7-11/h2-9H,20H2,1H3,(H,24,25)(H,21,22,23)/t9-/m0/s1. The monoisotopic (exact) mass is 359 g/mol. The zero-order valence-corrected chi connectivity index (χ0v) is 14.0. The van der Waals surface area contributed by atoms with Crippen LogP contribution in [0, 0.1) is 5.82 Å². The van der Waals surface area contributed by atoms with E-state index in [0.29, 0.717) is 28.1 Å². The molecule has 1 aromatic heterocycles. The third kappa shape index (κ3) is 3.84. The van der Waals surface area contributed by atoms with E-state index in [2.05, 4.69) is 20.6 Å². The summed E-state index contributed by atoms with van der Waals surface area (Å²) in [6, 6.07) is 8.89. The van der Waals surface area contributed by atoms with Crippen molar-refractivity contribution < 1.29 is 9.18 Å². The number of nitrogens with one attached hydrogen (secondary N) is 2. The number of halogens is 2. The van der Waals surface area contributed by atoms with Crippen LogP contribution in [0.2, 0.25) is 5.02 Å². The van der Waals surface area contributed by atoms with Gasteiger partial charge in [0, 0.05) is 16.8 Å². The second kappa shape index (κ2) is 7.00. The van der Waals surface area contributed by atoms with Gasteiger partial charge in [-0.25, -0.2) is 14.4 Å². The van der Waals surface area contributed by atoms with E-state index in [1.807, 2.05) is 0 Å². The maximum Gasteiger partial charge on any atom is 0.240 e. The Hall–Kier alpha value is -2.77. The van der Waals surface area contributed by atoms with Crippen LogP contribution in [0.1, 0.15) is 6.92 Å². The minimum atomic E-state index is -0.623. The van der Waals surface area contributed by atoms with Gasteiger partial charge in [-0.1, -0.05) is 11.6 Å². The molecule has 0 fully saturated rings. The van der Waals surface area contributed by atoms with Crippen molar-refractivity contribution in [3.8, 4) is 0 Å². The highest BCUT2D eigenvalue weighted by Gasteiger charge is 2.10. The lowest BCUT2D eigenvalue weighted by molar-refractivity contribution is -0.117. The topological polar surface area (TPSA) is 92.9 Å². The molecule has 6 nitrogen and oxygen atoms in total.